The quantitative estimate of drug-likeness (QED) is 0.159. The normalized spacial score (nSPS) is 12.6. The Morgan fingerprint density at radius 3 is 1.38 bits per heavy atom. The van der Waals surface area contributed by atoms with Crippen molar-refractivity contribution < 1.29 is 0 Å². The summed E-state index contributed by atoms with van der Waals surface area (Å²) >= 11 is 0. The molecule has 2 nitrogen and oxygen atoms in total. The highest BCUT2D eigenvalue weighted by atomic mass is 15.0. The second kappa shape index (κ2) is 13.2. The molecule has 0 spiro atoms. The van der Waals surface area contributed by atoms with E-state index < -0.39 is 0 Å². The number of rotatable bonds is 6. The molecule has 0 atom stereocenters. The monoisotopic (exact) mass is 776 g/mol. The smallest absolute Gasteiger partial charge is 0.0543 e. The van der Waals surface area contributed by atoms with Gasteiger partial charge >= 0.3 is 0 Å². The predicted molar refractivity (Wildman–Crippen MR) is 256 cm³/mol. The van der Waals surface area contributed by atoms with Crippen molar-refractivity contribution in [1.82, 2.24) is 9.13 Å². The third-order valence-corrected chi connectivity index (χ3v) is 13.5. The summed E-state index contributed by atoms with van der Waals surface area (Å²) in [6.07, 6.45) is 4.71. The van der Waals surface area contributed by atoms with Crippen LogP contribution in [0.4, 0.5) is 0 Å². The summed E-state index contributed by atoms with van der Waals surface area (Å²) in [4.78, 5) is 0. The van der Waals surface area contributed by atoms with Crippen LogP contribution in [-0.2, 0) is 19.3 Å². The van der Waals surface area contributed by atoms with Gasteiger partial charge in [-0.25, -0.2) is 0 Å². The fourth-order valence-electron chi connectivity index (χ4n) is 10.6. The van der Waals surface area contributed by atoms with Crippen LogP contribution in [0.15, 0.2) is 195 Å². The zero-order valence-electron chi connectivity index (χ0n) is 33.7. The summed E-state index contributed by atoms with van der Waals surface area (Å²) < 4.78 is 4.91. The molecule has 2 heterocycles. The van der Waals surface area contributed by atoms with Crippen LogP contribution in [0.3, 0.4) is 0 Å². The zero-order chi connectivity index (χ0) is 40.2. The van der Waals surface area contributed by atoms with Crippen LogP contribution >= 0.6 is 0 Å². The van der Waals surface area contributed by atoms with Crippen molar-refractivity contribution in [2.75, 3.05) is 0 Å². The summed E-state index contributed by atoms with van der Waals surface area (Å²) in [6.45, 7) is 3.99. The van der Waals surface area contributed by atoms with Crippen molar-refractivity contribution in [3.05, 3.63) is 234 Å². The maximum absolute atomic E-state index is 3.99. The first-order chi connectivity index (χ1) is 30.1. The number of hydrogen-bond acceptors (Lipinski definition) is 0. The van der Waals surface area contributed by atoms with E-state index in [4.69, 9.17) is 0 Å². The third-order valence-electron chi connectivity index (χ3n) is 13.5. The molecule has 61 heavy (non-hydrogen) atoms. The molecule has 0 radical (unpaired) electrons. The van der Waals surface area contributed by atoms with E-state index in [0.717, 1.165) is 24.8 Å². The molecule has 13 rings (SSSR count). The molecule has 286 valence electrons. The minimum absolute atomic E-state index is 0.871. The Hall–Kier alpha value is -7.68. The van der Waals surface area contributed by atoms with Crippen LogP contribution < -0.4 is 0 Å². The molecule has 11 aromatic rings. The second-order valence-corrected chi connectivity index (χ2v) is 17.0. The van der Waals surface area contributed by atoms with Crippen molar-refractivity contribution >= 4 is 49.7 Å². The second-order valence-electron chi connectivity index (χ2n) is 17.0. The van der Waals surface area contributed by atoms with Gasteiger partial charge < -0.3 is 9.13 Å². The van der Waals surface area contributed by atoms with Gasteiger partial charge in [0.1, 0.15) is 0 Å². The average molecular weight is 777 g/mol. The van der Waals surface area contributed by atoms with Crippen LogP contribution in [-0.4, -0.2) is 9.13 Å². The average Bonchev–Trinajstić information content (AvgIpc) is 4.05. The Bertz CT molecular complexity index is 3590. The lowest BCUT2D eigenvalue weighted by atomic mass is 9.95. The molecule has 0 saturated heterocycles. The topological polar surface area (TPSA) is 9.86 Å². The standard InChI is InChI=1S/C59H40N2/c1-2-37-10-9-11-38(28-37)29-39-18-27-51-50-14-5-8-17-58(50)61(59(51)30-39)47-26-24-45-32-43-22-20-41(34-53(43)55(45)36-47)40-19-21-42-31-44-23-25-46(35-54(44)52(42)33-40)60-56-15-6-3-12-48(56)49-13-4-7-16-57(49)60/h2-28,30,33-36H,1,29,31-32H2. The largest absolute Gasteiger partial charge is 0.309 e. The number of hydrogen-bond donors (Lipinski definition) is 0. The molecule has 2 aliphatic carbocycles. The molecule has 0 unspecified atom stereocenters. The minimum Gasteiger partial charge on any atom is -0.309 e. The number of aromatic nitrogens is 2. The van der Waals surface area contributed by atoms with Gasteiger partial charge in [-0.1, -0.05) is 140 Å². The van der Waals surface area contributed by atoms with Crippen molar-refractivity contribution in [3.63, 3.8) is 0 Å². The van der Waals surface area contributed by atoms with Crippen LogP contribution in [0.5, 0.6) is 0 Å². The molecule has 9 aromatic carbocycles. The Morgan fingerprint density at radius 2 is 0.836 bits per heavy atom. The third kappa shape index (κ3) is 5.29. The number of para-hydroxylation sites is 3. The lowest BCUT2D eigenvalue weighted by Gasteiger charge is -2.13. The van der Waals surface area contributed by atoms with Crippen LogP contribution in [0.25, 0.3) is 94.4 Å². The highest BCUT2D eigenvalue weighted by Crippen LogP contribution is 2.45. The molecule has 2 aliphatic rings. The molecular weight excluding hydrogens is 737 g/mol. The Balaban J connectivity index is 0.887. The van der Waals surface area contributed by atoms with Gasteiger partial charge in [-0.3, -0.25) is 0 Å². The lowest BCUT2D eigenvalue weighted by Crippen LogP contribution is -1.96. The lowest BCUT2D eigenvalue weighted by molar-refractivity contribution is 1.15. The van der Waals surface area contributed by atoms with E-state index >= 15 is 0 Å². The van der Waals surface area contributed by atoms with Gasteiger partial charge in [0.2, 0.25) is 0 Å². The highest BCUT2D eigenvalue weighted by molar-refractivity contribution is 6.10. The fourth-order valence-corrected chi connectivity index (χ4v) is 10.6. The van der Waals surface area contributed by atoms with Crippen molar-refractivity contribution in [2.24, 2.45) is 0 Å². The van der Waals surface area contributed by atoms with Crippen molar-refractivity contribution in [2.45, 2.75) is 19.3 Å². The van der Waals surface area contributed by atoms with Crippen molar-refractivity contribution in [1.29, 1.82) is 0 Å². The van der Waals surface area contributed by atoms with E-state index in [9.17, 15) is 0 Å². The van der Waals surface area contributed by atoms with E-state index in [1.165, 1.54) is 122 Å². The highest BCUT2D eigenvalue weighted by Gasteiger charge is 2.24. The van der Waals surface area contributed by atoms with Crippen LogP contribution in [0.1, 0.15) is 38.9 Å². The molecule has 0 aliphatic heterocycles. The first kappa shape index (κ1) is 34.2. The number of fused-ring (bicyclic) bond motifs is 12. The summed E-state index contributed by atoms with van der Waals surface area (Å²) in [5.41, 5.74) is 24.6. The van der Waals surface area contributed by atoms with Crippen LogP contribution in [0.2, 0.25) is 0 Å². The van der Waals surface area contributed by atoms with Crippen LogP contribution in [0, 0.1) is 0 Å². The molecule has 0 bridgehead atoms. The summed E-state index contributed by atoms with van der Waals surface area (Å²) in [6, 6.07) is 70.5. The Kier molecular flexibility index (Phi) is 7.38. The van der Waals surface area contributed by atoms with Gasteiger partial charge in [-0.2, -0.15) is 0 Å². The van der Waals surface area contributed by atoms with Gasteiger partial charge in [-0.05, 0) is 152 Å². The first-order valence-electron chi connectivity index (χ1n) is 21.4. The minimum atomic E-state index is 0.871. The zero-order valence-corrected chi connectivity index (χ0v) is 33.7. The van der Waals surface area contributed by atoms with E-state index in [1.54, 1.807) is 0 Å². The Morgan fingerprint density at radius 1 is 0.377 bits per heavy atom. The molecule has 0 N–H and O–H groups in total. The molecule has 2 aromatic heterocycles. The SMILES string of the molecule is C=Cc1cccc(Cc2ccc3c4ccccc4n(-c4ccc5c(c4)-c4cc(-c6ccc7c(c6)-c6cc(-n8c9ccccc9c9ccccc98)ccc6C7)ccc4C5)c3c2)c1. The van der Waals surface area contributed by atoms with Gasteiger partial charge in [0, 0.05) is 32.9 Å². The van der Waals surface area contributed by atoms with Gasteiger partial charge in [-0.15, -0.1) is 0 Å². The summed E-state index contributed by atoms with van der Waals surface area (Å²) in [5.74, 6) is 0. The Labute approximate surface area is 354 Å². The fraction of sp³-hybridized carbons (Fsp3) is 0.0508. The van der Waals surface area contributed by atoms with Gasteiger partial charge in [0.25, 0.3) is 0 Å². The van der Waals surface area contributed by atoms with Gasteiger partial charge in [0.05, 0.1) is 22.1 Å². The molecule has 2 heteroatoms. The molecule has 0 fully saturated rings. The molecule has 0 amide bonds. The van der Waals surface area contributed by atoms with E-state index in [1.807, 2.05) is 6.08 Å². The first-order valence-corrected chi connectivity index (χ1v) is 21.4. The maximum atomic E-state index is 3.99. The van der Waals surface area contributed by atoms with Crippen molar-refractivity contribution in [3.8, 4) is 44.8 Å². The number of nitrogens with zero attached hydrogens (tertiary/aromatic N) is 2. The molecule has 0 saturated carbocycles. The van der Waals surface area contributed by atoms with E-state index in [0.29, 0.717) is 0 Å². The summed E-state index contributed by atoms with van der Waals surface area (Å²) in [5, 5.41) is 5.14. The summed E-state index contributed by atoms with van der Waals surface area (Å²) in [7, 11) is 0. The molecular formula is C59H40N2. The maximum Gasteiger partial charge on any atom is 0.0543 e. The number of benzene rings is 9. The predicted octanol–water partition coefficient (Wildman–Crippen LogP) is 14.9. The van der Waals surface area contributed by atoms with Gasteiger partial charge in [0.15, 0.2) is 0 Å². The van der Waals surface area contributed by atoms with E-state index in [2.05, 4.69) is 204 Å². The van der Waals surface area contributed by atoms with E-state index in [-0.39, 0.29) is 0 Å².